The van der Waals surface area contributed by atoms with Gasteiger partial charge in [-0.3, -0.25) is 4.79 Å². The topological polar surface area (TPSA) is 37.3 Å². The second kappa shape index (κ2) is 4.83. The van der Waals surface area contributed by atoms with Crippen LogP contribution in [0, 0.1) is 23.2 Å². The van der Waals surface area contributed by atoms with Crippen LogP contribution in [0.1, 0.15) is 56.6 Å². The Balaban J connectivity index is 1.79. The zero-order chi connectivity index (χ0) is 15.6. The van der Waals surface area contributed by atoms with Crippen LogP contribution in [0.5, 0.6) is 5.75 Å². The molecule has 3 aliphatic carbocycles. The quantitative estimate of drug-likeness (QED) is 0.717. The Bertz CT molecular complexity index is 653. The summed E-state index contributed by atoms with van der Waals surface area (Å²) < 4.78 is 0.801. The molecule has 4 rings (SSSR count). The molecule has 1 N–H and O–H groups in total. The summed E-state index contributed by atoms with van der Waals surface area (Å²) in [6, 6.07) is 4.08. The van der Waals surface area contributed by atoms with Crippen LogP contribution in [-0.2, 0) is 11.2 Å². The van der Waals surface area contributed by atoms with E-state index in [1.807, 2.05) is 6.07 Å². The fourth-order valence-electron chi connectivity index (χ4n) is 5.75. The molecule has 2 nitrogen and oxygen atoms in total. The molecule has 3 aliphatic rings. The van der Waals surface area contributed by atoms with Gasteiger partial charge in [-0.1, -0.05) is 13.8 Å². The lowest BCUT2D eigenvalue weighted by Gasteiger charge is -2.51. The normalized spacial score (nSPS) is 40.0. The van der Waals surface area contributed by atoms with Crippen molar-refractivity contribution < 1.29 is 9.90 Å². The number of rotatable bonds is 0. The maximum atomic E-state index is 12.4. The van der Waals surface area contributed by atoms with Crippen molar-refractivity contribution in [3.8, 4) is 5.75 Å². The van der Waals surface area contributed by atoms with Crippen molar-refractivity contribution in [3.63, 3.8) is 0 Å². The third-order valence-electron chi connectivity index (χ3n) is 6.85. The second-order valence-electron chi connectivity index (χ2n) is 7.89. The minimum Gasteiger partial charge on any atom is -0.507 e. The summed E-state index contributed by atoms with van der Waals surface area (Å²) >= 11 is 3.48. The SMILES string of the molecule is C[C@@H]1Cc2cc(O)c(Br)cc2[C@H]2CC[C@]3(C)C(=O)CC[C@H]3[C@H]12. The minimum atomic E-state index is -0.0684. The Morgan fingerprint density at radius 3 is 2.86 bits per heavy atom. The van der Waals surface area contributed by atoms with Crippen LogP contribution in [0.15, 0.2) is 16.6 Å². The fraction of sp³-hybridized carbons (Fsp3) is 0.632. The van der Waals surface area contributed by atoms with E-state index in [-0.39, 0.29) is 5.41 Å². The molecule has 0 bridgehead atoms. The Hall–Kier alpha value is -0.830. The molecule has 2 fully saturated rings. The molecule has 0 saturated heterocycles. The Kier molecular flexibility index (Phi) is 3.24. The van der Waals surface area contributed by atoms with Gasteiger partial charge in [0.15, 0.2) is 0 Å². The number of Topliss-reactive ketones (excluding diaryl/α,β-unsaturated/α-hetero) is 1. The van der Waals surface area contributed by atoms with Gasteiger partial charge in [-0.15, -0.1) is 0 Å². The summed E-state index contributed by atoms with van der Waals surface area (Å²) in [5.41, 5.74) is 2.65. The first-order valence-electron chi connectivity index (χ1n) is 8.46. The average Bonchev–Trinajstić information content (AvgIpc) is 2.77. The van der Waals surface area contributed by atoms with Crippen LogP contribution >= 0.6 is 15.9 Å². The largest absolute Gasteiger partial charge is 0.507 e. The molecule has 0 heterocycles. The third kappa shape index (κ3) is 1.87. The van der Waals surface area contributed by atoms with Crippen molar-refractivity contribution in [2.45, 2.75) is 51.9 Å². The number of halogens is 1. The number of fused-ring (bicyclic) bond motifs is 5. The molecule has 0 radical (unpaired) electrons. The smallest absolute Gasteiger partial charge is 0.139 e. The Morgan fingerprint density at radius 2 is 2.09 bits per heavy atom. The van der Waals surface area contributed by atoms with E-state index >= 15 is 0 Å². The van der Waals surface area contributed by atoms with Gasteiger partial charge < -0.3 is 5.11 Å². The van der Waals surface area contributed by atoms with Crippen molar-refractivity contribution in [2.24, 2.45) is 23.2 Å². The lowest BCUT2D eigenvalue weighted by Crippen LogP contribution is -2.45. The Labute approximate surface area is 140 Å². The monoisotopic (exact) mass is 362 g/mol. The Morgan fingerprint density at radius 1 is 1.32 bits per heavy atom. The number of benzene rings is 1. The van der Waals surface area contributed by atoms with Gasteiger partial charge in [0.1, 0.15) is 11.5 Å². The van der Waals surface area contributed by atoms with E-state index in [1.165, 1.54) is 11.1 Å². The molecule has 22 heavy (non-hydrogen) atoms. The summed E-state index contributed by atoms with van der Waals surface area (Å²) in [6.45, 7) is 4.56. The van der Waals surface area contributed by atoms with Gasteiger partial charge in [0.05, 0.1) is 4.47 Å². The van der Waals surface area contributed by atoms with E-state index in [0.717, 1.165) is 36.6 Å². The molecule has 118 valence electrons. The van der Waals surface area contributed by atoms with Crippen LogP contribution in [-0.4, -0.2) is 10.9 Å². The number of hydrogen-bond acceptors (Lipinski definition) is 2. The van der Waals surface area contributed by atoms with Crippen LogP contribution in [0.3, 0.4) is 0 Å². The summed E-state index contributed by atoms with van der Waals surface area (Å²) in [6.07, 6.45) is 5.02. The van der Waals surface area contributed by atoms with Crippen molar-refractivity contribution in [2.75, 3.05) is 0 Å². The van der Waals surface area contributed by atoms with E-state index in [9.17, 15) is 9.90 Å². The maximum absolute atomic E-state index is 12.4. The van der Waals surface area contributed by atoms with Crippen LogP contribution < -0.4 is 0 Å². The number of phenols is 1. The van der Waals surface area contributed by atoms with E-state index < -0.39 is 0 Å². The zero-order valence-electron chi connectivity index (χ0n) is 13.2. The molecular formula is C19H23BrO2. The molecule has 0 aliphatic heterocycles. The van der Waals surface area contributed by atoms with E-state index in [0.29, 0.717) is 35.2 Å². The first kappa shape index (κ1) is 14.7. The molecule has 1 aromatic rings. The molecule has 0 aromatic heterocycles. The second-order valence-corrected chi connectivity index (χ2v) is 8.75. The zero-order valence-corrected chi connectivity index (χ0v) is 14.8. The van der Waals surface area contributed by atoms with Crippen molar-refractivity contribution >= 4 is 21.7 Å². The number of ketones is 1. The summed E-state index contributed by atoms with van der Waals surface area (Å²) in [5, 5.41) is 9.99. The van der Waals surface area contributed by atoms with Gasteiger partial charge in [-0.2, -0.15) is 0 Å². The maximum Gasteiger partial charge on any atom is 0.139 e. The van der Waals surface area contributed by atoms with Crippen LogP contribution in [0.4, 0.5) is 0 Å². The van der Waals surface area contributed by atoms with Crippen molar-refractivity contribution in [3.05, 3.63) is 27.7 Å². The van der Waals surface area contributed by atoms with Crippen molar-refractivity contribution in [1.82, 2.24) is 0 Å². The predicted octanol–water partition coefficient (Wildman–Crippen LogP) is 4.83. The number of carbonyl (C=O) groups is 1. The van der Waals surface area contributed by atoms with Crippen LogP contribution in [0.2, 0.25) is 0 Å². The van der Waals surface area contributed by atoms with Gasteiger partial charge in [0.2, 0.25) is 0 Å². The highest BCUT2D eigenvalue weighted by atomic mass is 79.9. The van der Waals surface area contributed by atoms with E-state index in [2.05, 4.69) is 35.8 Å². The highest BCUT2D eigenvalue weighted by molar-refractivity contribution is 9.10. The summed E-state index contributed by atoms with van der Waals surface area (Å²) in [4.78, 5) is 12.4. The van der Waals surface area contributed by atoms with Gasteiger partial charge in [0, 0.05) is 11.8 Å². The fourth-order valence-corrected chi connectivity index (χ4v) is 6.11. The van der Waals surface area contributed by atoms with E-state index in [4.69, 9.17) is 0 Å². The van der Waals surface area contributed by atoms with Gasteiger partial charge in [-0.05, 0) is 88.5 Å². The first-order chi connectivity index (χ1) is 10.4. The van der Waals surface area contributed by atoms with Gasteiger partial charge in [0.25, 0.3) is 0 Å². The highest BCUT2D eigenvalue weighted by Crippen LogP contribution is 2.61. The standard InChI is InChI=1S/C19H23BrO2/c1-10-7-11-8-16(21)15(20)9-13(11)12-5-6-19(2)14(18(10)12)3-4-17(19)22/h8-10,12,14,18,21H,3-7H2,1-2H3/t10-,12-,14+,18-,19+/m1/s1. The summed E-state index contributed by atoms with van der Waals surface area (Å²) in [5.74, 6) is 3.17. The number of hydrogen-bond donors (Lipinski definition) is 1. The number of carbonyl (C=O) groups excluding carboxylic acids is 1. The predicted molar refractivity (Wildman–Crippen MR) is 90.0 cm³/mol. The number of aromatic hydroxyl groups is 1. The number of phenolic OH excluding ortho intramolecular Hbond substituents is 1. The van der Waals surface area contributed by atoms with E-state index in [1.54, 1.807) is 0 Å². The molecule has 0 unspecified atom stereocenters. The minimum absolute atomic E-state index is 0.0684. The van der Waals surface area contributed by atoms with Gasteiger partial charge in [-0.25, -0.2) is 0 Å². The van der Waals surface area contributed by atoms with Gasteiger partial charge >= 0.3 is 0 Å². The molecule has 0 amide bonds. The highest BCUT2D eigenvalue weighted by Gasteiger charge is 2.56. The lowest BCUT2D eigenvalue weighted by molar-refractivity contribution is -0.129. The molecule has 3 heteroatoms. The molecule has 0 spiro atoms. The average molecular weight is 363 g/mol. The summed E-state index contributed by atoms with van der Waals surface area (Å²) in [7, 11) is 0. The molecular weight excluding hydrogens is 340 g/mol. The lowest BCUT2D eigenvalue weighted by atomic mass is 9.53. The van der Waals surface area contributed by atoms with Crippen LogP contribution in [0.25, 0.3) is 0 Å². The molecule has 2 saturated carbocycles. The third-order valence-corrected chi connectivity index (χ3v) is 7.48. The van der Waals surface area contributed by atoms with Crippen molar-refractivity contribution in [1.29, 1.82) is 0 Å². The first-order valence-corrected chi connectivity index (χ1v) is 9.25. The molecule has 5 atom stereocenters. The molecule has 1 aromatic carbocycles.